The first-order chi connectivity index (χ1) is 8.65. The number of nitrogens with two attached hydrogens (primary N) is 1. The number of rotatable bonds is 3. The number of thiazole rings is 1. The highest BCUT2D eigenvalue weighted by molar-refractivity contribution is 7.17. The standard InChI is InChI=1S/C12H12N4OS/c1-6-10(18-12(15-6)11(13)17)9-5-14-4-8(16-9)7-2-3-7/h4-5,7H,2-3H2,1H3,(H2,13,17). The van der Waals surface area contributed by atoms with Crippen molar-refractivity contribution in [3.8, 4) is 10.6 Å². The summed E-state index contributed by atoms with van der Waals surface area (Å²) in [5.74, 6) is 0.0574. The maximum atomic E-state index is 11.1. The minimum atomic E-state index is -0.499. The summed E-state index contributed by atoms with van der Waals surface area (Å²) in [6.07, 6.45) is 5.89. The number of aryl methyl sites for hydroxylation is 1. The van der Waals surface area contributed by atoms with Crippen LogP contribution in [0.5, 0.6) is 0 Å². The van der Waals surface area contributed by atoms with E-state index in [1.54, 1.807) is 6.20 Å². The van der Waals surface area contributed by atoms with Crippen LogP contribution in [-0.4, -0.2) is 20.9 Å². The van der Waals surface area contributed by atoms with E-state index in [1.807, 2.05) is 13.1 Å². The topological polar surface area (TPSA) is 81.8 Å². The van der Waals surface area contributed by atoms with Gasteiger partial charge in [0.15, 0.2) is 5.01 Å². The summed E-state index contributed by atoms with van der Waals surface area (Å²) in [4.78, 5) is 25.0. The van der Waals surface area contributed by atoms with Crippen LogP contribution in [-0.2, 0) is 0 Å². The number of carbonyl (C=O) groups is 1. The highest BCUT2D eigenvalue weighted by atomic mass is 32.1. The molecule has 0 unspecified atom stereocenters. The van der Waals surface area contributed by atoms with Crippen LogP contribution >= 0.6 is 11.3 Å². The number of amides is 1. The van der Waals surface area contributed by atoms with Gasteiger partial charge in [0.2, 0.25) is 0 Å². The second-order valence-electron chi connectivity index (χ2n) is 4.40. The molecule has 1 fully saturated rings. The fourth-order valence-corrected chi connectivity index (χ4v) is 2.68. The zero-order valence-electron chi connectivity index (χ0n) is 9.88. The molecule has 0 saturated heterocycles. The highest BCUT2D eigenvalue weighted by Crippen LogP contribution is 2.39. The Labute approximate surface area is 108 Å². The van der Waals surface area contributed by atoms with Crippen molar-refractivity contribution >= 4 is 17.2 Å². The summed E-state index contributed by atoms with van der Waals surface area (Å²) in [7, 11) is 0. The van der Waals surface area contributed by atoms with Gasteiger partial charge in [0.1, 0.15) is 5.69 Å². The second kappa shape index (κ2) is 4.13. The summed E-state index contributed by atoms with van der Waals surface area (Å²) >= 11 is 1.27. The van der Waals surface area contributed by atoms with Crippen LogP contribution in [0.3, 0.4) is 0 Å². The molecule has 0 spiro atoms. The van der Waals surface area contributed by atoms with Crippen molar-refractivity contribution in [3.05, 3.63) is 28.8 Å². The van der Waals surface area contributed by atoms with Crippen LogP contribution in [0.25, 0.3) is 10.6 Å². The number of aromatic nitrogens is 3. The van der Waals surface area contributed by atoms with E-state index in [0.717, 1.165) is 22.0 Å². The van der Waals surface area contributed by atoms with Crippen LogP contribution in [0.1, 0.15) is 39.9 Å². The molecule has 0 bridgehead atoms. The van der Waals surface area contributed by atoms with Crippen LogP contribution in [0.15, 0.2) is 12.4 Å². The van der Waals surface area contributed by atoms with Gasteiger partial charge in [-0.1, -0.05) is 0 Å². The number of carbonyl (C=O) groups excluding carboxylic acids is 1. The lowest BCUT2D eigenvalue weighted by molar-refractivity contribution is 0.1000. The fraction of sp³-hybridized carbons (Fsp3) is 0.333. The van der Waals surface area contributed by atoms with E-state index in [0.29, 0.717) is 10.9 Å². The molecule has 1 aliphatic rings. The largest absolute Gasteiger partial charge is 0.364 e. The molecule has 0 radical (unpaired) electrons. The molecule has 0 aliphatic heterocycles. The van der Waals surface area contributed by atoms with Crippen molar-refractivity contribution in [1.29, 1.82) is 0 Å². The second-order valence-corrected chi connectivity index (χ2v) is 5.40. The van der Waals surface area contributed by atoms with E-state index in [4.69, 9.17) is 5.73 Å². The number of nitrogens with zero attached hydrogens (tertiary/aromatic N) is 3. The summed E-state index contributed by atoms with van der Waals surface area (Å²) in [6, 6.07) is 0. The molecule has 6 heteroatoms. The zero-order chi connectivity index (χ0) is 12.7. The Morgan fingerprint density at radius 1 is 1.39 bits per heavy atom. The van der Waals surface area contributed by atoms with E-state index in [9.17, 15) is 4.79 Å². The Bertz CT molecular complexity index is 618. The van der Waals surface area contributed by atoms with Crippen LogP contribution in [0.2, 0.25) is 0 Å². The summed E-state index contributed by atoms with van der Waals surface area (Å²) in [5.41, 5.74) is 7.82. The van der Waals surface area contributed by atoms with Crippen molar-refractivity contribution in [2.75, 3.05) is 0 Å². The van der Waals surface area contributed by atoms with Gasteiger partial charge in [-0.15, -0.1) is 11.3 Å². The Kier molecular flexibility index (Phi) is 2.59. The predicted molar refractivity (Wildman–Crippen MR) is 68.4 cm³/mol. The molecule has 0 atom stereocenters. The maximum absolute atomic E-state index is 11.1. The van der Waals surface area contributed by atoms with Crippen molar-refractivity contribution in [2.24, 2.45) is 5.73 Å². The monoisotopic (exact) mass is 260 g/mol. The zero-order valence-corrected chi connectivity index (χ0v) is 10.7. The average Bonchev–Trinajstić information content (AvgIpc) is 3.12. The minimum Gasteiger partial charge on any atom is -0.364 e. The molecular formula is C12H12N4OS. The third-order valence-corrected chi connectivity index (χ3v) is 4.08. The predicted octanol–water partition coefficient (Wildman–Crippen LogP) is 1.88. The van der Waals surface area contributed by atoms with Crippen molar-refractivity contribution in [1.82, 2.24) is 15.0 Å². The van der Waals surface area contributed by atoms with Gasteiger partial charge in [0, 0.05) is 12.1 Å². The minimum absolute atomic E-state index is 0.320. The van der Waals surface area contributed by atoms with Crippen LogP contribution < -0.4 is 5.73 Å². The third-order valence-electron chi connectivity index (χ3n) is 2.89. The molecular weight excluding hydrogens is 248 g/mol. The molecule has 3 rings (SSSR count). The number of primary amides is 1. The molecule has 2 N–H and O–H groups in total. The van der Waals surface area contributed by atoms with Crippen molar-refractivity contribution in [2.45, 2.75) is 25.7 Å². The lowest BCUT2D eigenvalue weighted by Crippen LogP contribution is -2.10. The quantitative estimate of drug-likeness (QED) is 0.913. The maximum Gasteiger partial charge on any atom is 0.277 e. The smallest absolute Gasteiger partial charge is 0.277 e. The molecule has 2 aromatic rings. The van der Waals surface area contributed by atoms with Crippen molar-refractivity contribution in [3.63, 3.8) is 0 Å². The Morgan fingerprint density at radius 2 is 2.17 bits per heavy atom. The lowest BCUT2D eigenvalue weighted by atomic mass is 10.2. The summed E-state index contributed by atoms with van der Waals surface area (Å²) in [6.45, 7) is 1.85. The first-order valence-electron chi connectivity index (χ1n) is 5.74. The molecule has 92 valence electrons. The molecule has 2 heterocycles. The van der Waals surface area contributed by atoms with E-state index in [1.165, 1.54) is 24.2 Å². The normalized spacial score (nSPS) is 14.7. The number of hydrogen-bond acceptors (Lipinski definition) is 5. The molecule has 1 saturated carbocycles. The van der Waals surface area contributed by atoms with Gasteiger partial charge >= 0.3 is 0 Å². The molecule has 1 amide bonds. The van der Waals surface area contributed by atoms with Crippen LogP contribution in [0, 0.1) is 6.92 Å². The molecule has 18 heavy (non-hydrogen) atoms. The Balaban J connectivity index is 2.03. The Morgan fingerprint density at radius 3 is 2.78 bits per heavy atom. The number of hydrogen-bond donors (Lipinski definition) is 1. The first-order valence-corrected chi connectivity index (χ1v) is 6.56. The summed E-state index contributed by atoms with van der Waals surface area (Å²) < 4.78 is 0. The summed E-state index contributed by atoms with van der Waals surface area (Å²) in [5, 5.41) is 0.320. The van der Waals surface area contributed by atoms with Gasteiger partial charge in [-0.3, -0.25) is 9.78 Å². The molecule has 1 aliphatic carbocycles. The lowest BCUT2D eigenvalue weighted by Gasteiger charge is -2.00. The van der Waals surface area contributed by atoms with Gasteiger partial charge in [-0.25, -0.2) is 9.97 Å². The SMILES string of the molecule is Cc1nc(C(N)=O)sc1-c1cncc(C2CC2)n1. The van der Waals surface area contributed by atoms with Gasteiger partial charge in [-0.05, 0) is 19.8 Å². The van der Waals surface area contributed by atoms with Gasteiger partial charge in [0.05, 0.1) is 22.5 Å². The fourth-order valence-electron chi connectivity index (χ4n) is 1.81. The molecule has 5 nitrogen and oxygen atoms in total. The molecule has 0 aromatic carbocycles. The first kappa shape index (κ1) is 11.3. The highest BCUT2D eigenvalue weighted by Gasteiger charge is 2.26. The Hall–Kier alpha value is -1.82. The third kappa shape index (κ3) is 1.99. The van der Waals surface area contributed by atoms with E-state index < -0.39 is 5.91 Å². The molecule has 2 aromatic heterocycles. The van der Waals surface area contributed by atoms with Crippen LogP contribution in [0.4, 0.5) is 0 Å². The van der Waals surface area contributed by atoms with E-state index in [2.05, 4.69) is 15.0 Å². The van der Waals surface area contributed by atoms with Gasteiger partial charge < -0.3 is 5.73 Å². The average molecular weight is 260 g/mol. The van der Waals surface area contributed by atoms with Gasteiger partial charge in [-0.2, -0.15) is 0 Å². The van der Waals surface area contributed by atoms with E-state index >= 15 is 0 Å². The van der Waals surface area contributed by atoms with Crippen molar-refractivity contribution < 1.29 is 4.79 Å². The van der Waals surface area contributed by atoms with Gasteiger partial charge in [0.25, 0.3) is 5.91 Å². The van der Waals surface area contributed by atoms with E-state index in [-0.39, 0.29) is 0 Å².